The van der Waals surface area contributed by atoms with E-state index in [1.807, 2.05) is 6.92 Å². The average molecular weight is 237 g/mol. The number of hydrogen-bond donors (Lipinski definition) is 1. The SMILES string of the molecule is Cc1nsc(NCC2(C)CCCO2)c1C#N. The van der Waals surface area contributed by atoms with Crippen LogP contribution in [0.5, 0.6) is 0 Å². The van der Waals surface area contributed by atoms with Crippen molar-refractivity contribution < 1.29 is 4.74 Å². The van der Waals surface area contributed by atoms with Gasteiger partial charge in [-0.2, -0.15) is 9.64 Å². The third-order valence-corrected chi connectivity index (χ3v) is 3.79. The fourth-order valence-corrected chi connectivity index (χ4v) is 2.61. The largest absolute Gasteiger partial charge is 0.373 e. The molecule has 0 spiro atoms. The van der Waals surface area contributed by atoms with Crippen molar-refractivity contribution in [1.29, 1.82) is 5.26 Å². The van der Waals surface area contributed by atoms with Crippen LogP contribution in [0, 0.1) is 18.3 Å². The Balaban J connectivity index is 2.02. The van der Waals surface area contributed by atoms with Crippen molar-refractivity contribution in [2.24, 2.45) is 0 Å². The summed E-state index contributed by atoms with van der Waals surface area (Å²) in [4.78, 5) is 0. The van der Waals surface area contributed by atoms with Crippen molar-refractivity contribution in [1.82, 2.24) is 4.37 Å². The van der Waals surface area contributed by atoms with Crippen molar-refractivity contribution in [2.75, 3.05) is 18.5 Å². The highest BCUT2D eigenvalue weighted by atomic mass is 32.1. The number of nitrogens with one attached hydrogen (secondary N) is 1. The van der Waals surface area contributed by atoms with E-state index >= 15 is 0 Å². The maximum absolute atomic E-state index is 8.99. The summed E-state index contributed by atoms with van der Waals surface area (Å²) in [6.45, 7) is 5.54. The van der Waals surface area contributed by atoms with E-state index in [0.29, 0.717) is 5.56 Å². The molecule has 4 nitrogen and oxygen atoms in total. The van der Waals surface area contributed by atoms with Crippen LogP contribution in [0.2, 0.25) is 0 Å². The highest BCUT2D eigenvalue weighted by Crippen LogP contribution is 2.28. The van der Waals surface area contributed by atoms with Gasteiger partial charge in [0.05, 0.1) is 11.3 Å². The van der Waals surface area contributed by atoms with Gasteiger partial charge in [-0.3, -0.25) is 0 Å². The molecule has 0 saturated carbocycles. The lowest BCUT2D eigenvalue weighted by Gasteiger charge is -2.23. The van der Waals surface area contributed by atoms with Crippen LogP contribution in [0.4, 0.5) is 5.00 Å². The summed E-state index contributed by atoms with van der Waals surface area (Å²) in [5.41, 5.74) is 1.36. The molecule has 1 N–H and O–H groups in total. The molecule has 2 rings (SSSR count). The summed E-state index contributed by atoms with van der Waals surface area (Å²) in [7, 11) is 0. The fourth-order valence-electron chi connectivity index (χ4n) is 1.87. The van der Waals surface area contributed by atoms with Crippen LogP contribution in [-0.4, -0.2) is 23.1 Å². The topological polar surface area (TPSA) is 57.9 Å². The second kappa shape index (κ2) is 4.40. The van der Waals surface area contributed by atoms with Gasteiger partial charge >= 0.3 is 0 Å². The number of anilines is 1. The van der Waals surface area contributed by atoms with Gasteiger partial charge in [-0.25, -0.2) is 0 Å². The summed E-state index contributed by atoms with van der Waals surface area (Å²) < 4.78 is 9.85. The lowest BCUT2D eigenvalue weighted by molar-refractivity contribution is 0.0316. The molecule has 1 saturated heterocycles. The molecule has 1 fully saturated rings. The first-order valence-corrected chi connectivity index (χ1v) is 6.16. The third kappa shape index (κ3) is 2.18. The molecule has 16 heavy (non-hydrogen) atoms. The minimum Gasteiger partial charge on any atom is -0.373 e. The van der Waals surface area contributed by atoms with Crippen LogP contribution >= 0.6 is 11.5 Å². The van der Waals surface area contributed by atoms with Crippen LogP contribution in [-0.2, 0) is 4.74 Å². The molecule has 1 aliphatic rings. The molecule has 1 aromatic heterocycles. The molecule has 1 atom stereocenters. The molecular weight excluding hydrogens is 222 g/mol. The monoisotopic (exact) mass is 237 g/mol. The molecule has 0 aliphatic carbocycles. The van der Waals surface area contributed by atoms with Gasteiger partial charge in [-0.05, 0) is 38.2 Å². The van der Waals surface area contributed by atoms with Gasteiger partial charge < -0.3 is 10.1 Å². The molecule has 2 heterocycles. The highest BCUT2D eigenvalue weighted by Gasteiger charge is 2.29. The van der Waals surface area contributed by atoms with E-state index in [2.05, 4.69) is 22.7 Å². The van der Waals surface area contributed by atoms with Gasteiger partial charge in [0.15, 0.2) is 0 Å². The first-order chi connectivity index (χ1) is 7.64. The smallest absolute Gasteiger partial charge is 0.127 e. The van der Waals surface area contributed by atoms with Gasteiger partial charge in [0.25, 0.3) is 0 Å². The zero-order valence-corrected chi connectivity index (χ0v) is 10.4. The summed E-state index contributed by atoms with van der Waals surface area (Å²) in [5.74, 6) is 0. The first kappa shape index (κ1) is 11.4. The molecule has 0 aromatic carbocycles. The number of ether oxygens (including phenoxy) is 1. The summed E-state index contributed by atoms with van der Waals surface area (Å²) >= 11 is 1.34. The van der Waals surface area contributed by atoms with Crippen LogP contribution in [0.15, 0.2) is 0 Å². The maximum atomic E-state index is 8.99. The van der Waals surface area contributed by atoms with E-state index in [0.717, 1.165) is 36.7 Å². The molecular formula is C11H15N3OS. The standard InChI is InChI=1S/C11H15N3OS/c1-8-9(6-12)10(16-14-8)13-7-11(2)4-3-5-15-11/h13H,3-5,7H2,1-2H3. The quantitative estimate of drug-likeness (QED) is 0.876. The van der Waals surface area contributed by atoms with Crippen molar-refractivity contribution in [3.63, 3.8) is 0 Å². The van der Waals surface area contributed by atoms with Gasteiger partial charge in [0.2, 0.25) is 0 Å². The Morgan fingerprint density at radius 3 is 3.12 bits per heavy atom. The number of nitriles is 1. The molecule has 1 unspecified atom stereocenters. The maximum Gasteiger partial charge on any atom is 0.127 e. The van der Waals surface area contributed by atoms with Crippen LogP contribution < -0.4 is 5.32 Å². The van der Waals surface area contributed by atoms with Crippen LogP contribution in [0.1, 0.15) is 31.0 Å². The Hall–Kier alpha value is -1.12. The Kier molecular flexibility index (Phi) is 3.13. The zero-order chi connectivity index (χ0) is 11.6. The molecule has 86 valence electrons. The molecule has 0 radical (unpaired) electrons. The summed E-state index contributed by atoms with van der Waals surface area (Å²) in [5, 5.41) is 13.1. The molecule has 0 amide bonds. The minimum absolute atomic E-state index is 0.0926. The van der Waals surface area contributed by atoms with E-state index in [4.69, 9.17) is 10.00 Å². The third-order valence-electron chi connectivity index (χ3n) is 2.90. The Bertz CT molecular complexity index is 415. The van der Waals surface area contributed by atoms with E-state index in [9.17, 15) is 0 Å². The summed E-state index contributed by atoms with van der Waals surface area (Å²) in [6.07, 6.45) is 2.19. The van der Waals surface area contributed by atoms with Crippen molar-refractivity contribution in [3.8, 4) is 6.07 Å². The number of aryl methyl sites for hydroxylation is 1. The average Bonchev–Trinajstić information content (AvgIpc) is 2.83. The Morgan fingerprint density at radius 2 is 2.50 bits per heavy atom. The van der Waals surface area contributed by atoms with E-state index in [1.54, 1.807) is 0 Å². The van der Waals surface area contributed by atoms with Gasteiger partial charge in [-0.15, -0.1) is 0 Å². The van der Waals surface area contributed by atoms with Crippen molar-refractivity contribution in [3.05, 3.63) is 11.3 Å². The highest BCUT2D eigenvalue weighted by molar-refractivity contribution is 7.10. The minimum atomic E-state index is -0.0926. The summed E-state index contributed by atoms with van der Waals surface area (Å²) in [6, 6.07) is 2.18. The van der Waals surface area contributed by atoms with Crippen LogP contribution in [0.3, 0.4) is 0 Å². The molecule has 0 bridgehead atoms. The van der Waals surface area contributed by atoms with Crippen molar-refractivity contribution in [2.45, 2.75) is 32.3 Å². The predicted octanol–water partition coefficient (Wildman–Crippen LogP) is 2.30. The molecule has 1 aromatic rings. The Morgan fingerprint density at radius 1 is 1.69 bits per heavy atom. The Labute approximate surface area is 99.4 Å². The number of nitrogens with zero attached hydrogens (tertiary/aromatic N) is 2. The lowest BCUT2D eigenvalue weighted by atomic mass is 10.0. The number of aromatic nitrogens is 1. The van der Waals surface area contributed by atoms with Gasteiger partial charge in [-0.1, -0.05) is 0 Å². The van der Waals surface area contributed by atoms with Crippen LogP contribution in [0.25, 0.3) is 0 Å². The first-order valence-electron chi connectivity index (χ1n) is 5.39. The lowest BCUT2D eigenvalue weighted by Crippen LogP contribution is -2.32. The number of hydrogen-bond acceptors (Lipinski definition) is 5. The molecule has 1 aliphatic heterocycles. The van der Waals surface area contributed by atoms with E-state index in [1.165, 1.54) is 11.5 Å². The predicted molar refractivity (Wildman–Crippen MR) is 63.6 cm³/mol. The second-order valence-corrected chi connectivity index (χ2v) is 5.11. The fraction of sp³-hybridized carbons (Fsp3) is 0.636. The van der Waals surface area contributed by atoms with E-state index in [-0.39, 0.29) is 5.60 Å². The zero-order valence-electron chi connectivity index (χ0n) is 9.54. The van der Waals surface area contributed by atoms with Crippen molar-refractivity contribution >= 4 is 16.5 Å². The second-order valence-electron chi connectivity index (χ2n) is 4.34. The molecule has 5 heteroatoms. The van der Waals surface area contributed by atoms with Gasteiger partial charge in [0, 0.05) is 13.2 Å². The number of rotatable bonds is 3. The van der Waals surface area contributed by atoms with E-state index < -0.39 is 0 Å². The van der Waals surface area contributed by atoms with Gasteiger partial charge in [0.1, 0.15) is 16.6 Å². The normalized spacial score (nSPS) is 24.3.